The molecule has 4 unspecified atom stereocenters. The first-order chi connectivity index (χ1) is 10.8. The number of ether oxygens (including phenoxy) is 1. The van der Waals surface area contributed by atoms with Crippen molar-refractivity contribution in [3.05, 3.63) is 35.5 Å². The van der Waals surface area contributed by atoms with Gasteiger partial charge >= 0.3 is 0 Å². The fraction of sp³-hybridized carbons (Fsp3) is 0.650. The molecule has 2 heteroatoms. The summed E-state index contributed by atoms with van der Waals surface area (Å²) < 4.78 is 6.03. The second kappa shape index (κ2) is 4.03. The number of hydrogen-bond acceptors (Lipinski definition) is 2. The first-order valence-corrected chi connectivity index (χ1v) is 9.07. The molecule has 0 amide bonds. The lowest BCUT2D eigenvalue weighted by molar-refractivity contribution is -0.126. The molecule has 1 saturated heterocycles. The molecule has 2 aliphatic heterocycles. The maximum Gasteiger partial charge on any atom is 0.184 e. The van der Waals surface area contributed by atoms with Crippen LogP contribution in [0.25, 0.3) is 0 Å². The molecular formula is C20H22O2. The zero-order chi connectivity index (χ0) is 14.4. The largest absolute Gasteiger partial charge is 0.361 e. The SMILES string of the molecule is O=C1C=CC2OC1C1C(=C3C4CC5CC(C4)CC3C5)C=CC21. The monoisotopic (exact) mass is 294 g/mol. The molecule has 4 saturated carbocycles. The molecule has 2 heterocycles. The maximum absolute atomic E-state index is 12.3. The van der Waals surface area contributed by atoms with Crippen LogP contribution in [0.1, 0.15) is 32.1 Å². The molecule has 6 bridgehead atoms. The van der Waals surface area contributed by atoms with Gasteiger partial charge in [0.1, 0.15) is 6.10 Å². The molecule has 2 nitrogen and oxygen atoms in total. The molecule has 4 atom stereocenters. The molecular weight excluding hydrogens is 272 g/mol. The van der Waals surface area contributed by atoms with Crippen LogP contribution in [0, 0.1) is 35.5 Å². The molecule has 0 aromatic heterocycles. The van der Waals surface area contributed by atoms with Gasteiger partial charge in [-0.05, 0) is 67.4 Å². The summed E-state index contributed by atoms with van der Waals surface area (Å²) >= 11 is 0. The Morgan fingerprint density at radius 2 is 1.64 bits per heavy atom. The van der Waals surface area contributed by atoms with Crippen molar-refractivity contribution in [2.75, 3.05) is 0 Å². The van der Waals surface area contributed by atoms with E-state index in [9.17, 15) is 4.79 Å². The molecule has 0 aromatic rings. The van der Waals surface area contributed by atoms with Crippen molar-refractivity contribution < 1.29 is 9.53 Å². The Bertz CT molecular complexity index is 623. The van der Waals surface area contributed by atoms with Crippen LogP contribution < -0.4 is 0 Å². The van der Waals surface area contributed by atoms with E-state index in [0.717, 1.165) is 23.7 Å². The predicted molar refractivity (Wildman–Crippen MR) is 83.0 cm³/mol. The number of carbonyl (C=O) groups excluding carboxylic acids is 1. The minimum absolute atomic E-state index is 0.138. The molecule has 0 N–H and O–H groups in total. The van der Waals surface area contributed by atoms with Crippen molar-refractivity contribution in [3.8, 4) is 0 Å². The van der Waals surface area contributed by atoms with E-state index in [1.807, 2.05) is 6.08 Å². The Morgan fingerprint density at radius 3 is 2.36 bits per heavy atom. The number of rotatable bonds is 0. The van der Waals surface area contributed by atoms with E-state index in [0.29, 0.717) is 11.8 Å². The van der Waals surface area contributed by atoms with Crippen LogP contribution in [0.4, 0.5) is 0 Å². The zero-order valence-electron chi connectivity index (χ0n) is 12.8. The summed E-state index contributed by atoms with van der Waals surface area (Å²) in [4.78, 5) is 12.3. The fourth-order valence-corrected chi connectivity index (χ4v) is 6.83. The van der Waals surface area contributed by atoms with Crippen LogP contribution >= 0.6 is 0 Å². The van der Waals surface area contributed by atoms with Crippen molar-refractivity contribution in [3.63, 3.8) is 0 Å². The van der Waals surface area contributed by atoms with Gasteiger partial charge in [0.15, 0.2) is 5.78 Å². The van der Waals surface area contributed by atoms with Gasteiger partial charge in [-0.2, -0.15) is 0 Å². The highest BCUT2D eigenvalue weighted by Crippen LogP contribution is 2.59. The van der Waals surface area contributed by atoms with Gasteiger partial charge in [-0.1, -0.05) is 23.8 Å². The molecule has 0 spiro atoms. The fourth-order valence-electron chi connectivity index (χ4n) is 6.83. The molecule has 5 fully saturated rings. The van der Waals surface area contributed by atoms with E-state index in [-0.39, 0.29) is 18.0 Å². The van der Waals surface area contributed by atoms with Gasteiger partial charge in [-0.15, -0.1) is 0 Å². The third kappa shape index (κ3) is 1.43. The summed E-state index contributed by atoms with van der Waals surface area (Å²) in [5.41, 5.74) is 3.27. The number of allylic oxidation sites excluding steroid dienone is 2. The summed E-state index contributed by atoms with van der Waals surface area (Å²) in [6.45, 7) is 0. The molecule has 22 heavy (non-hydrogen) atoms. The Balaban J connectivity index is 1.46. The van der Waals surface area contributed by atoms with Gasteiger partial charge in [0.05, 0.1) is 6.10 Å². The smallest absolute Gasteiger partial charge is 0.184 e. The van der Waals surface area contributed by atoms with Crippen LogP contribution in [-0.4, -0.2) is 18.0 Å². The molecule has 5 aliphatic carbocycles. The average Bonchev–Trinajstić information content (AvgIpc) is 3.03. The Hall–Kier alpha value is -1.15. The van der Waals surface area contributed by atoms with Crippen molar-refractivity contribution >= 4 is 5.78 Å². The number of ketones is 1. The van der Waals surface area contributed by atoms with Gasteiger partial charge in [-0.3, -0.25) is 4.79 Å². The summed E-state index contributed by atoms with van der Waals surface area (Å²) in [6.07, 6.45) is 15.6. The second-order valence-electron chi connectivity index (χ2n) is 8.46. The Labute approximate surface area is 131 Å². The number of hydrogen-bond donors (Lipinski definition) is 0. The summed E-state index contributed by atoms with van der Waals surface area (Å²) in [7, 11) is 0. The van der Waals surface area contributed by atoms with E-state index < -0.39 is 0 Å². The zero-order valence-corrected chi connectivity index (χ0v) is 12.8. The molecule has 7 aliphatic rings. The van der Waals surface area contributed by atoms with Crippen LogP contribution in [0.3, 0.4) is 0 Å². The Kier molecular flexibility index (Phi) is 2.25. The standard InChI is InChI=1S/C20H22O2/c21-16-3-4-17-14-1-2-15(19(14)20(16)22-17)18-12-6-10-5-11(8-12)9-13(18)7-10/h1-4,10-14,17,19-20H,5-9H2. The lowest BCUT2D eigenvalue weighted by atomic mass is 9.53. The van der Waals surface area contributed by atoms with Crippen LogP contribution in [0.5, 0.6) is 0 Å². The van der Waals surface area contributed by atoms with Crippen LogP contribution in [0.2, 0.25) is 0 Å². The number of fused-ring (bicyclic) bond motifs is 5. The van der Waals surface area contributed by atoms with E-state index >= 15 is 0 Å². The summed E-state index contributed by atoms with van der Waals surface area (Å²) in [5, 5.41) is 0. The second-order valence-corrected chi connectivity index (χ2v) is 8.46. The van der Waals surface area contributed by atoms with Gasteiger partial charge in [0.2, 0.25) is 0 Å². The average molecular weight is 294 g/mol. The van der Waals surface area contributed by atoms with E-state index in [1.165, 1.54) is 37.7 Å². The minimum atomic E-state index is -0.199. The van der Waals surface area contributed by atoms with Crippen molar-refractivity contribution in [1.29, 1.82) is 0 Å². The third-order valence-electron chi connectivity index (χ3n) is 7.36. The van der Waals surface area contributed by atoms with Gasteiger partial charge in [0, 0.05) is 11.8 Å². The van der Waals surface area contributed by atoms with Crippen molar-refractivity contribution in [2.45, 2.75) is 44.3 Å². The van der Waals surface area contributed by atoms with Crippen LogP contribution in [-0.2, 0) is 9.53 Å². The predicted octanol–water partition coefficient (Wildman–Crippen LogP) is 3.45. The Morgan fingerprint density at radius 1 is 0.909 bits per heavy atom. The lowest BCUT2D eigenvalue weighted by Gasteiger charge is -2.52. The first kappa shape index (κ1) is 12.3. The highest BCUT2D eigenvalue weighted by Gasteiger charge is 2.53. The normalized spacial score (nSPS) is 53.7. The third-order valence-corrected chi connectivity index (χ3v) is 7.36. The van der Waals surface area contributed by atoms with Crippen molar-refractivity contribution in [1.82, 2.24) is 0 Å². The molecule has 0 radical (unpaired) electrons. The number of carbonyl (C=O) groups is 1. The van der Waals surface area contributed by atoms with E-state index in [2.05, 4.69) is 12.2 Å². The van der Waals surface area contributed by atoms with Gasteiger partial charge in [-0.25, -0.2) is 0 Å². The minimum Gasteiger partial charge on any atom is -0.361 e. The van der Waals surface area contributed by atoms with Gasteiger partial charge in [0.25, 0.3) is 0 Å². The highest BCUT2D eigenvalue weighted by atomic mass is 16.5. The topological polar surface area (TPSA) is 26.3 Å². The lowest BCUT2D eigenvalue weighted by Crippen LogP contribution is -2.41. The summed E-state index contributed by atoms with van der Waals surface area (Å²) in [5.74, 6) is 4.55. The quantitative estimate of drug-likeness (QED) is 0.684. The maximum atomic E-state index is 12.3. The molecule has 7 rings (SSSR count). The van der Waals surface area contributed by atoms with Crippen molar-refractivity contribution in [2.24, 2.45) is 35.5 Å². The van der Waals surface area contributed by atoms with Crippen LogP contribution in [0.15, 0.2) is 35.5 Å². The van der Waals surface area contributed by atoms with E-state index in [4.69, 9.17) is 4.74 Å². The molecule has 114 valence electrons. The highest BCUT2D eigenvalue weighted by molar-refractivity contribution is 5.95. The summed E-state index contributed by atoms with van der Waals surface area (Å²) in [6, 6.07) is 0. The van der Waals surface area contributed by atoms with Gasteiger partial charge < -0.3 is 4.74 Å². The molecule has 0 aromatic carbocycles. The first-order valence-electron chi connectivity index (χ1n) is 9.07. The van der Waals surface area contributed by atoms with E-state index in [1.54, 1.807) is 11.6 Å².